The minimum absolute atomic E-state index is 0.119. The Morgan fingerprint density at radius 2 is 1.66 bits per heavy atom. The third-order valence-electron chi connectivity index (χ3n) is 6.88. The number of nitrogens with zero attached hydrogens (tertiary/aromatic N) is 3. The molecule has 1 aliphatic rings. The minimum atomic E-state index is -1.52. The van der Waals surface area contributed by atoms with Gasteiger partial charge >= 0.3 is 0 Å². The minimum Gasteiger partial charge on any atom is -0.497 e. The van der Waals surface area contributed by atoms with Crippen LogP contribution >= 0.6 is 0 Å². The molecular formula is C29H32F3N3O3. The van der Waals surface area contributed by atoms with Gasteiger partial charge < -0.3 is 19.6 Å². The molecule has 0 saturated carbocycles. The maximum Gasteiger partial charge on any atom is 0.255 e. The van der Waals surface area contributed by atoms with Crippen molar-refractivity contribution in [3.63, 3.8) is 0 Å². The summed E-state index contributed by atoms with van der Waals surface area (Å²) in [6.45, 7) is 3.05. The first-order valence-corrected chi connectivity index (χ1v) is 12.3. The second-order valence-electron chi connectivity index (χ2n) is 10.0. The van der Waals surface area contributed by atoms with Crippen molar-refractivity contribution in [2.45, 2.75) is 18.6 Å². The zero-order chi connectivity index (χ0) is 27.6. The molecule has 0 aliphatic carbocycles. The molecule has 0 aromatic heterocycles. The van der Waals surface area contributed by atoms with E-state index in [2.05, 4.69) is 4.90 Å². The van der Waals surface area contributed by atoms with Gasteiger partial charge in [0.05, 0.1) is 30.0 Å². The van der Waals surface area contributed by atoms with Crippen LogP contribution in [0.4, 0.5) is 18.9 Å². The molecule has 1 N–H and O–H groups in total. The number of benzene rings is 3. The first-order valence-electron chi connectivity index (χ1n) is 12.3. The quantitative estimate of drug-likeness (QED) is 0.488. The number of aliphatic hydroxyl groups is 1. The Labute approximate surface area is 220 Å². The summed E-state index contributed by atoms with van der Waals surface area (Å²) in [5, 5.41) is 11.2. The van der Waals surface area contributed by atoms with Gasteiger partial charge in [-0.1, -0.05) is 12.1 Å². The first kappa shape index (κ1) is 27.5. The van der Waals surface area contributed by atoms with Gasteiger partial charge in [0, 0.05) is 46.3 Å². The SMILES string of the molecule is COc1ccc(N2CCN(C[C@@](C)(O)c3cc(F)cc(F)c3)C[C@H]2c2ccc(F)cc2)c(C(=O)N(C)C)c1. The summed E-state index contributed by atoms with van der Waals surface area (Å²) in [4.78, 5) is 18.7. The maximum atomic E-state index is 13.9. The Hall–Kier alpha value is -3.56. The van der Waals surface area contributed by atoms with Crippen molar-refractivity contribution in [2.75, 3.05) is 52.3 Å². The Morgan fingerprint density at radius 1 is 1.00 bits per heavy atom. The number of halogens is 3. The lowest BCUT2D eigenvalue weighted by Crippen LogP contribution is -2.52. The maximum absolute atomic E-state index is 13.9. The van der Waals surface area contributed by atoms with Crippen molar-refractivity contribution in [1.82, 2.24) is 9.80 Å². The van der Waals surface area contributed by atoms with Crippen molar-refractivity contribution in [2.24, 2.45) is 0 Å². The van der Waals surface area contributed by atoms with E-state index >= 15 is 0 Å². The van der Waals surface area contributed by atoms with Crippen molar-refractivity contribution in [1.29, 1.82) is 0 Å². The summed E-state index contributed by atoms with van der Waals surface area (Å²) in [7, 11) is 4.89. The van der Waals surface area contributed by atoms with Crippen molar-refractivity contribution >= 4 is 11.6 Å². The summed E-state index contributed by atoms with van der Waals surface area (Å²) in [5.41, 5.74) is 0.621. The van der Waals surface area contributed by atoms with E-state index in [4.69, 9.17) is 4.74 Å². The van der Waals surface area contributed by atoms with E-state index in [1.54, 1.807) is 38.4 Å². The van der Waals surface area contributed by atoms with Gasteiger partial charge in [0.15, 0.2) is 0 Å². The molecule has 0 radical (unpaired) electrons. The van der Waals surface area contributed by atoms with Crippen LogP contribution in [0.15, 0.2) is 60.7 Å². The van der Waals surface area contributed by atoms with Gasteiger partial charge in [0.25, 0.3) is 5.91 Å². The van der Waals surface area contributed by atoms with Crippen LogP contribution in [-0.4, -0.2) is 68.2 Å². The third kappa shape index (κ3) is 5.95. The van der Waals surface area contributed by atoms with E-state index in [1.807, 2.05) is 11.0 Å². The van der Waals surface area contributed by atoms with E-state index < -0.39 is 17.2 Å². The fourth-order valence-corrected chi connectivity index (χ4v) is 4.94. The van der Waals surface area contributed by atoms with Crippen molar-refractivity contribution < 1.29 is 27.8 Å². The zero-order valence-electron chi connectivity index (χ0n) is 21.9. The monoisotopic (exact) mass is 527 g/mol. The Kier molecular flexibility index (Phi) is 7.99. The molecule has 3 aromatic carbocycles. The molecule has 0 spiro atoms. The highest BCUT2D eigenvalue weighted by Gasteiger charge is 2.35. The van der Waals surface area contributed by atoms with Gasteiger partial charge in [0.2, 0.25) is 0 Å². The van der Waals surface area contributed by atoms with E-state index in [-0.39, 0.29) is 29.9 Å². The highest BCUT2D eigenvalue weighted by Crippen LogP contribution is 2.36. The number of rotatable bonds is 7. The molecule has 9 heteroatoms. The van der Waals surface area contributed by atoms with Gasteiger partial charge in [0.1, 0.15) is 23.2 Å². The van der Waals surface area contributed by atoms with E-state index in [9.17, 15) is 23.1 Å². The van der Waals surface area contributed by atoms with E-state index in [1.165, 1.54) is 31.1 Å². The van der Waals surface area contributed by atoms with Crippen LogP contribution < -0.4 is 9.64 Å². The van der Waals surface area contributed by atoms with Crippen LogP contribution in [0.1, 0.15) is 34.5 Å². The molecule has 0 bridgehead atoms. The van der Waals surface area contributed by atoms with Crippen LogP contribution in [-0.2, 0) is 5.60 Å². The molecule has 6 nitrogen and oxygen atoms in total. The molecule has 4 rings (SSSR count). The molecule has 1 aliphatic heterocycles. The van der Waals surface area contributed by atoms with Gasteiger partial charge in [-0.05, 0) is 60.5 Å². The Balaban J connectivity index is 1.69. The van der Waals surface area contributed by atoms with Crippen LogP contribution in [0.2, 0.25) is 0 Å². The third-order valence-corrected chi connectivity index (χ3v) is 6.88. The smallest absolute Gasteiger partial charge is 0.255 e. The molecule has 1 heterocycles. The number of β-amino-alcohol motifs (C(OH)–C–C–N with tert-alkyl or cyclic N) is 1. The normalized spacial score (nSPS) is 17.7. The van der Waals surface area contributed by atoms with Gasteiger partial charge in [-0.3, -0.25) is 9.69 Å². The summed E-state index contributed by atoms with van der Waals surface area (Å²) in [6, 6.07) is 14.2. The van der Waals surface area contributed by atoms with Crippen LogP contribution in [0.25, 0.3) is 0 Å². The Bertz CT molecular complexity index is 1280. The number of piperazine rings is 1. The lowest BCUT2D eigenvalue weighted by Gasteiger charge is -2.45. The molecule has 2 atom stereocenters. The lowest BCUT2D eigenvalue weighted by atomic mass is 9.93. The van der Waals surface area contributed by atoms with Crippen LogP contribution in [0.5, 0.6) is 5.75 Å². The zero-order valence-corrected chi connectivity index (χ0v) is 21.9. The first-order chi connectivity index (χ1) is 18.0. The van der Waals surface area contributed by atoms with Gasteiger partial charge in [-0.2, -0.15) is 0 Å². The topological polar surface area (TPSA) is 56.2 Å². The second-order valence-corrected chi connectivity index (χ2v) is 10.0. The number of ether oxygens (including phenoxy) is 1. The Morgan fingerprint density at radius 3 is 2.26 bits per heavy atom. The number of hydrogen-bond donors (Lipinski definition) is 1. The lowest BCUT2D eigenvalue weighted by molar-refractivity contribution is 0.00980. The predicted molar refractivity (Wildman–Crippen MR) is 140 cm³/mol. The average Bonchev–Trinajstić information content (AvgIpc) is 2.87. The van der Waals surface area contributed by atoms with Crippen LogP contribution in [0, 0.1) is 17.5 Å². The molecule has 38 heavy (non-hydrogen) atoms. The van der Waals surface area contributed by atoms with E-state index in [0.717, 1.165) is 23.8 Å². The summed E-state index contributed by atoms with van der Waals surface area (Å²) >= 11 is 0. The number of amides is 1. The number of hydrogen-bond acceptors (Lipinski definition) is 5. The molecule has 202 valence electrons. The fraction of sp³-hybridized carbons (Fsp3) is 0.345. The van der Waals surface area contributed by atoms with Gasteiger partial charge in [-0.15, -0.1) is 0 Å². The molecule has 1 fully saturated rings. The van der Waals surface area contributed by atoms with Crippen molar-refractivity contribution in [3.8, 4) is 5.75 Å². The number of methoxy groups -OCH3 is 1. The molecular weight excluding hydrogens is 495 g/mol. The molecule has 3 aromatic rings. The standard InChI is InChI=1S/C29H32F3N3O3/c1-29(37,20-13-22(31)15-23(32)14-20)18-34-11-12-35(27(17-34)19-5-7-21(30)8-6-19)26-10-9-24(38-4)16-25(26)28(36)33(2)3/h5-10,13-16,27,37H,11-12,17-18H2,1-4H3/t27-,29+/m0/s1. The largest absolute Gasteiger partial charge is 0.497 e. The number of carbonyl (C=O) groups excluding carboxylic acids is 1. The molecule has 0 unspecified atom stereocenters. The molecule has 1 saturated heterocycles. The van der Waals surface area contributed by atoms with Crippen LogP contribution in [0.3, 0.4) is 0 Å². The second kappa shape index (κ2) is 11.0. The fourth-order valence-electron chi connectivity index (χ4n) is 4.94. The number of anilines is 1. The highest BCUT2D eigenvalue weighted by molar-refractivity contribution is 6.00. The summed E-state index contributed by atoms with van der Waals surface area (Å²) in [5.74, 6) is -1.51. The predicted octanol–water partition coefficient (Wildman–Crippen LogP) is 4.59. The summed E-state index contributed by atoms with van der Waals surface area (Å²) < 4.78 is 46.9. The average molecular weight is 528 g/mol. The highest BCUT2D eigenvalue weighted by atomic mass is 19.1. The molecule has 1 amide bonds. The summed E-state index contributed by atoms with van der Waals surface area (Å²) in [6.07, 6.45) is 0. The van der Waals surface area contributed by atoms with E-state index in [0.29, 0.717) is 36.6 Å². The van der Waals surface area contributed by atoms with Gasteiger partial charge in [-0.25, -0.2) is 13.2 Å². The van der Waals surface area contributed by atoms with Crippen molar-refractivity contribution in [3.05, 3.63) is 94.8 Å². The number of carbonyl (C=O) groups is 1.